The lowest BCUT2D eigenvalue weighted by atomic mass is 10.3. The Morgan fingerprint density at radius 3 is 2.50 bits per heavy atom. The van der Waals surface area contributed by atoms with Crippen molar-refractivity contribution < 1.29 is 0 Å². The zero-order valence-electron chi connectivity index (χ0n) is 6.72. The van der Waals surface area contributed by atoms with Crippen LogP contribution in [0, 0.1) is 5.41 Å². The molecule has 0 unspecified atom stereocenters. The SMILES string of the molecule is C.CCCCN=C(N)NC(=N)N. The molecule has 0 fully saturated rings. The summed E-state index contributed by atoms with van der Waals surface area (Å²) in [6.07, 6.45) is 2.08. The Labute approximate surface area is 73.7 Å². The van der Waals surface area contributed by atoms with Crippen molar-refractivity contribution in [1.29, 1.82) is 5.41 Å². The van der Waals surface area contributed by atoms with E-state index in [-0.39, 0.29) is 19.3 Å². The summed E-state index contributed by atoms with van der Waals surface area (Å²) >= 11 is 0. The van der Waals surface area contributed by atoms with Crippen molar-refractivity contribution in [3.63, 3.8) is 0 Å². The molecule has 0 heterocycles. The second-order valence-corrected chi connectivity index (χ2v) is 2.16. The Bertz CT molecular complexity index is 152. The first-order chi connectivity index (χ1) is 5.16. The van der Waals surface area contributed by atoms with Crippen LogP contribution in [0.3, 0.4) is 0 Å². The lowest BCUT2D eigenvalue weighted by Gasteiger charge is -2.00. The topological polar surface area (TPSA) is 100 Å². The summed E-state index contributed by atoms with van der Waals surface area (Å²) in [4.78, 5) is 3.92. The van der Waals surface area contributed by atoms with Gasteiger partial charge >= 0.3 is 0 Å². The van der Waals surface area contributed by atoms with Gasteiger partial charge in [-0.05, 0) is 6.42 Å². The van der Waals surface area contributed by atoms with E-state index in [2.05, 4.69) is 17.2 Å². The minimum absolute atomic E-state index is 0. The average Bonchev–Trinajstić information content (AvgIpc) is 1.86. The van der Waals surface area contributed by atoms with Crippen LogP contribution in [0.25, 0.3) is 0 Å². The zero-order chi connectivity index (χ0) is 8.69. The zero-order valence-corrected chi connectivity index (χ0v) is 6.72. The van der Waals surface area contributed by atoms with E-state index in [1.165, 1.54) is 0 Å². The molecule has 6 N–H and O–H groups in total. The Morgan fingerprint density at radius 2 is 2.08 bits per heavy atom. The van der Waals surface area contributed by atoms with Crippen molar-refractivity contribution in [2.45, 2.75) is 27.2 Å². The minimum atomic E-state index is -0.178. The van der Waals surface area contributed by atoms with Crippen LogP contribution in [0.1, 0.15) is 27.2 Å². The largest absolute Gasteiger partial charge is 0.370 e. The third kappa shape index (κ3) is 8.74. The summed E-state index contributed by atoms with van der Waals surface area (Å²) in [5.74, 6) is 0.0358. The number of hydrogen-bond donors (Lipinski definition) is 4. The van der Waals surface area contributed by atoms with E-state index in [1.807, 2.05) is 0 Å². The molecule has 0 aromatic rings. The summed E-state index contributed by atoms with van der Waals surface area (Å²) < 4.78 is 0. The molecule has 0 saturated heterocycles. The van der Waals surface area contributed by atoms with E-state index >= 15 is 0 Å². The smallest absolute Gasteiger partial charge is 0.195 e. The highest BCUT2D eigenvalue weighted by Crippen LogP contribution is 1.85. The van der Waals surface area contributed by atoms with Crippen LogP contribution < -0.4 is 16.8 Å². The van der Waals surface area contributed by atoms with Crippen molar-refractivity contribution in [3.8, 4) is 0 Å². The highest BCUT2D eigenvalue weighted by molar-refractivity contribution is 5.95. The predicted octanol–water partition coefficient (Wildman–Crippen LogP) is 0.220. The normalized spacial score (nSPS) is 10.2. The van der Waals surface area contributed by atoms with Crippen LogP contribution in [-0.2, 0) is 0 Å². The van der Waals surface area contributed by atoms with Gasteiger partial charge in [0.15, 0.2) is 11.9 Å². The van der Waals surface area contributed by atoms with Gasteiger partial charge in [0, 0.05) is 6.54 Å². The molecule has 0 atom stereocenters. The number of hydrogen-bond acceptors (Lipinski definition) is 2. The summed E-state index contributed by atoms with van der Waals surface area (Å²) in [5.41, 5.74) is 10.3. The fourth-order valence-electron chi connectivity index (χ4n) is 0.535. The van der Waals surface area contributed by atoms with Gasteiger partial charge in [0.05, 0.1) is 0 Å². The highest BCUT2D eigenvalue weighted by Gasteiger charge is 1.90. The van der Waals surface area contributed by atoms with Gasteiger partial charge in [-0.25, -0.2) is 0 Å². The Kier molecular flexibility index (Phi) is 8.72. The number of aliphatic imine (C=N–C) groups is 1. The van der Waals surface area contributed by atoms with Gasteiger partial charge < -0.3 is 11.5 Å². The van der Waals surface area contributed by atoms with Crippen molar-refractivity contribution >= 4 is 11.9 Å². The third-order valence-corrected chi connectivity index (χ3v) is 1.06. The Morgan fingerprint density at radius 1 is 1.50 bits per heavy atom. The quantitative estimate of drug-likeness (QED) is 0.279. The van der Waals surface area contributed by atoms with E-state index in [4.69, 9.17) is 16.9 Å². The summed E-state index contributed by atoms with van der Waals surface area (Å²) in [5, 5.41) is 9.20. The molecule has 5 nitrogen and oxygen atoms in total. The number of nitrogens with two attached hydrogens (primary N) is 2. The number of rotatable bonds is 3. The van der Waals surface area contributed by atoms with E-state index in [0.29, 0.717) is 6.54 Å². The van der Waals surface area contributed by atoms with E-state index in [9.17, 15) is 0 Å². The van der Waals surface area contributed by atoms with E-state index in [1.54, 1.807) is 0 Å². The number of guanidine groups is 2. The molecule has 5 heteroatoms. The lowest BCUT2D eigenvalue weighted by molar-refractivity contribution is 0.804. The number of nitrogens with one attached hydrogen (secondary N) is 2. The fraction of sp³-hybridized carbons (Fsp3) is 0.714. The van der Waals surface area contributed by atoms with Gasteiger partial charge in [-0.1, -0.05) is 20.8 Å². The van der Waals surface area contributed by atoms with Crippen molar-refractivity contribution in [1.82, 2.24) is 5.32 Å². The first-order valence-electron chi connectivity index (χ1n) is 3.57. The maximum absolute atomic E-state index is 6.81. The molecule has 0 aromatic heterocycles. The predicted molar refractivity (Wildman–Crippen MR) is 53.2 cm³/mol. The van der Waals surface area contributed by atoms with Gasteiger partial charge in [-0.15, -0.1) is 0 Å². The van der Waals surface area contributed by atoms with Crippen molar-refractivity contribution in [2.24, 2.45) is 16.5 Å². The van der Waals surface area contributed by atoms with Crippen LogP contribution in [0.5, 0.6) is 0 Å². The Balaban J connectivity index is 0. The molecule has 0 amide bonds. The van der Waals surface area contributed by atoms with Crippen LogP contribution in [0.15, 0.2) is 4.99 Å². The van der Waals surface area contributed by atoms with Crippen LogP contribution in [-0.4, -0.2) is 18.5 Å². The van der Waals surface area contributed by atoms with Crippen LogP contribution in [0.4, 0.5) is 0 Å². The Hall–Kier alpha value is -1.26. The first-order valence-corrected chi connectivity index (χ1v) is 3.57. The number of unbranched alkanes of at least 4 members (excludes halogenated alkanes) is 1. The second-order valence-electron chi connectivity index (χ2n) is 2.16. The highest BCUT2D eigenvalue weighted by atomic mass is 15.2. The number of nitrogens with zero attached hydrogens (tertiary/aromatic N) is 1. The molecule has 0 spiro atoms. The molecular formula is C7H19N5. The van der Waals surface area contributed by atoms with Crippen LogP contribution in [0.2, 0.25) is 0 Å². The van der Waals surface area contributed by atoms with Gasteiger partial charge in [0.2, 0.25) is 0 Å². The summed E-state index contributed by atoms with van der Waals surface area (Å²) in [6.45, 7) is 2.76. The average molecular weight is 173 g/mol. The molecular weight excluding hydrogens is 154 g/mol. The maximum atomic E-state index is 6.81. The standard InChI is InChI=1S/C6H15N5.CH4/c1-2-3-4-10-6(9)11-5(7)8;/h2-4H2,1H3,(H6,7,8,9,10,11);1H4. The molecule has 0 saturated carbocycles. The van der Waals surface area contributed by atoms with Gasteiger partial charge in [-0.2, -0.15) is 0 Å². The molecule has 0 aromatic carbocycles. The molecule has 72 valence electrons. The molecule has 0 aliphatic rings. The lowest BCUT2D eigenvalue weighted by Crippen LogP contribution is -2.40. The summed E-state index contributed by atoms with van der Waals surface area (Å²) in [7, 11) is 0. The molecule has 0 aliphatic heterocycles. The first kappa shape index (κ1) is 13.3. The van der Waals surface area contributed by atoms with E-state index < -0.39 is 0 Å². The minimum Gasteiger partial charge on any atom is -0.370 e. The van der Waals surface area contributed by atoms with E-state index in [0.717, 1.165) is 12.8 Å². The molecule has 0 radical (unpaired) electrons. The third-order valence-electron chi connectivity index (χ3n) is 1.06. The second kappa shape index (κ2) is 7.84. The van der Waals surface area contributed by atoms with Gasteiger partial charge in [0.25, 0.3) is 0 Å². The molecule has 0 rings (SSSR count). The molecule has 0 aliphatic carbocycles. The van der Waals surface area contributed by atoms with Crippen molar-refractivity contribution in [3.05, 3.63) is 0 Å². The fourth-order valence-corrected chi connectivity index (χ4v) is 0.535. The monoisotopic (exact) mass is 173 g/mol. The van der Waals surface area contributed by atoms with Crippen LogP contribution >= 0.6 is 0 Å². The van der Waals surface area contributed by atoms with Gasteiger partial charge in [0.1, 0.15) is 0 Å². The maximum Gasteiger partial charge on any atom is 0.195 e. The van der Waals surface area contributed by atoms with Crippen molar-refractivity contribution in [2.75, 3.05) is 6.54 Å². The summed E-state index contributed by atoms with van der Waals surface area (Å²) in [6, 6.07) is 0. The molecule has 12 heavy (non-hydrogen) atoms. The molecule has 0 bridgehead atoms. The van der Waals surface area contributed by atoms with Gasteiger partial charge in [-0.3, -0.25) is 15.7 Å².